The Kier molecular flexibility index (Phi) is 6.70. The van der Waals surface area contributed by atoms with Crippen LogP contribution in [0.25, 0.3) is 5.57 Å². The summed E-state index contributed by atoms with van der Waals surface area (Å²) in [6.07, 6.45) is -2.80. The highest BCUT2D eigenvalue weighted by Crippen LogP contribution is 2.34. The molecule has 7 heteroatoms. The molecule has 3 N–H and O–H groups in total. The molecule has 2 aromatic rings. The molecule has 0 spiro atoms. The molecular formula is C26H31NO6. The van der Waals surface area contributed by atoms with E-state index in [2.05, 4.69) is 42.5 Å². The summed E-state index contributed by atoms with van der Waals surface area (Å²) in [6, 6.07) is 16.8. The number of carboxylic acids is 1. The van der Waals surface area contributed by atoms with E-state index >= 15 is 0 Å². The minimum absolute atomic E-state index is 0.0990. The molecule has 33 heavy (non-hydrogen) atoms. The van der Waals surface area contributed by atoms with Gasteiger partial charge in [-0.3, -0.25) is 0 Å². The first-order valence-electron chi connectivity index (χ1n) is 11.3. The van der Waals surface area contributed by atoms with Crippen LogP contribution in [-0.4, -0.2) is 77.1 Å². The molecule has 1 fully saturated rings. The minimum atomic E-state index is -1.75. The average molecular weight is 454 g/mol. The van der Waals surface area contributed by atoms with Crippen molar-refractivity contribution in [2.24, 2.45) is 0 Å². The predicted octanol–water partition coefficient (Wildman–Crippen LogP) is 0.241. The standard InChI is InChI=1S/C26H31NO6/c1-27(2,25-23(30)21(28)22(29)24(33-25)26(31)32)15-7-12-20-18-10-5-3-8-16(18)13-14-17-9-4-6-11-19(17)20/h3-6,8-12,21-25,28-30H,7,13-15H2,1-2H3/t21-,22-,23+,24-,25+/m0/s1. The Morgan fingerprint density at radius 1 is 0.970 bits per heavy atom. The highest BCUT2D eigenvalue weighted by atomic mass is 16.6. The molecular weight excluding hydrogens is 422 g/mol. The number of ether oxygens (including phenoxy) is 1. The van der Waals surface area contributed by atoms with Gasteiger partial charge in [0.15, 0.2) is 6.10 Å². The van der Waals surface area contributed by atoms with Crippen LogP contribution in [0.5, 0.6) is 0 Å². The Morgan fingerprint density at radius 3 is 2.06 bits per heavy atom. The molecule has 5 atom stereocenters. The van der Waals surface area contributed by atoms with Crippen molar-refractivity contribution in [3.05, 3.63) is 76.9 Å². The number of quaternary nitrogens is 1. The second-order valence-corrected chi connectivity index (χ2v) is 9.46. The van der Waals surface area contributed by atoms with Gasteiger partial charge in [-0.25, -0.2) is 0 Å². The Labute approximate surface area is 193 Å². The Bertz CT molecular complexity index is 999. The van der Waals surface area contributed by atoms with E-state index in [0.29, 0.717) is 13.0 Å². The lowest BCUT2D eigenvalue weighted by Gasteiger charge is -2.47. The van der Waals surface area contributed by atoms with Crippen LogP contribution >= 0.6 is 0 Å². The monoisotopic (exact) mass is 453 g/mol. The molecule has 4 rings (SSSR count). The number of benzene rings is 2. The van der Waals surface area contributed by atoms with Crippen LogP contribution < -0.4 is 5.11 Å². The molecule has 0 unspecified atom stereocenters. The van der Waals surface area contributed by atoms with Crippen molar-refractivity contribution in [1.29, 1.82) is 0 Å². The topological polar surface area (TPSA) is 110 Å². The molecule has 176 valence electrons. The Morgan fingerprint density at radius 2 is 1.52 bits per heavy atom. The van der Waals surface area contributed by atoms with E-state index in [4.69, 9.17) is 4.74 Å². The van der Waals surface area contributed by atoms with Crippen molar-refractivity contribution < 1.29 is 34.4 Å². The first-order valence-corrected chi connectivity index (χ1v) is 11.3. The number of nitrogens with zero attached hydrogens (tertiary/aromatic N) is 1. The summed E-state index contributed by atoms with van der Waals surface area (Å²) in [5.41, 5.74) is 6.17. The van der Waals surface area contributed by atoms with Crippen molar-refractivity contribution in [2.45, 2.75) is 49.9 Å². The van der Waals surface area contributed by atoms with Gasteiger partial charge in [0, 0.05) is 6.42 Å². The van der Waals surface area contributed by atoms with E-state index in [1.165, 1.54) is 22.3 Å². The highest BCUT2D eigenvalue weighted by Gasteiger charge is 2.50. The first kappa shape index (κ1) is 23.6. The fourth-order valence-electron chi connectivity index (χ4n) is 4.94. The minimum Gasteiger partial charge on any atom is -0.547 e. The van der Waals surface area contributed by atoms with Gasteiger partial charge < -0.3 is 34.4 Å². The summed E-state index contributed by atoms with van der Waals surface area (Å²) in [5, 5.41) is 42.0. The molecule has 1 saturated heterocycles. The van der Waals surface area contributed by atoms with E-state index < -0.39 is 36.6 Å². The SMILES string of the molecule is C[N+](C)(CCC=C1c2ccccc2CCc2ccccc21)[C@@H]1O[C@H](C(=O)[O-])[C@@H](O)[C@H](O)[C@H]1O. The number of carboxylic acid groups (broad SMARTS) is 1. The summed E-state index contributed by atoms with van der Waals surface area (Å²) in [7, 11) is 3.61. The molecule has 0 amide bonds. The van der Waals surface area contributed by atoms with E-state index in [1.54, 1.807) is 14.1 Å². The molecule has 0 aromatic heterocycles. The van der Waals surface area contributed by atoms with Gasteiger partial charge in [0.25, 0.3) is 0 Å². The zero-order valence-corrected chi connectivity index (χ0v) is 18.9. The summed E-state index contributed by atoms with van der Waals surface area (Å²) in [6.45, 7) is 0.512. The molecule has 7 nitrogen and oxygen atoms in total. The smallest absolute Gasteiger partial charge is 0.222 e. The number of hydrogen-bond acceptors (Lipinski definition) is 6. The number of hydrogen-bond donors (Lipinski definition) is 3. The van der Waals surface area contributed by atoms with Crippen LogP contribution in [0.15, 0.2) is 54.6 Å². The van der Waals surface area contributed by atoms with Crippen molar-refractivity contribution in [3.63, 3.8) is 0 Å². The van der Waals surface area contributed by atoms with Crippen LogP contribution in [0, 0.1) is 0 Å². The van der Waals surface area contributed by atoms with Gasteiger partial charge in [-0.1, -0.05) is 54.6 Å². The van der Waals surface area contributed by atoms with Gasteiger partial charge in [0.05, 0.1) is 26.6 Å². The van der Waals surface area contributed by atoms with Gasteiger partial charge in [0.1, 0.15) is 18.3 Å². The number of carbonyl (C=O) groups is 1. The lowest BCUT2D eigenvalue weighted by Crippen LogP contribution is -2.69. The van der Waals surface area contributed by atoms with Crippen LogP contribution in [0.2, 0.25) is 0 Å². The molecule has 1 aliphatic heterocycles. The van der Waals surface area contributed by atoms with E-state index in [-0.39, 0.29) is 4.48 Å². The van der Waals surface area contributed by atoms with E-state index in [9.17, 15) is 25.2 Å². The molecule has 0 bridgehead atoms. The lowest BCUT2D eigenvalue weighted by atomic mass is 9.93. The number of aliphatic hydroxyl groups is 3. The van der Waals surface area contributed by atoms with Gasteiger partial charge >= 0.3 is 0 Å². The van der Waals surface area contributed by atoms with Crippen LogP contribution in [-0.2, 0) is 22.4 Å². The third-order valence-corrected chi connectivity index (χ3v) is 6.84. The normalized spacial score (nSPS) is 27.3. The third-order valence-electron chi connectivity index (χ3n) is 6.84. The summed E-state index contributed by atoms with van der Waals surface area (Å²) < 4.78 is 5.61. The average Bonchev–Trinajstić information content (AvgIpc) is 2.94. The Hall–Kier alpha value is -2.55. The first-order chi connectivity index (χ1) is 15.7. The number of aliphatic carboxylic acids is 1. The molecule has 2 aliphatic rings. The molecule has 0 saturated carbocycles. The number of rotatable bonds is 5. The zero-order valence-electron chi connectivity index (χ0n) is 18.9. The number of aryl methyl sites for hydroxylation is 2. The van der Waals surface area contributed by atoms with Crippen LogP contribution in [0.4, 0.5) is 0 Å². The maximum absolute atomic E-state index is 11.4. The summed E-state index contributed by atoms with van der Waals surface area (Å²) in [5.74, 6) is -1.62. The van der Waals surface area contributed by atoms with Crippen LogP contribution in [0.3, 0.4) is 0 Å². The predicted molar refractivity (Wildman–Crippen MR) is 121 cm³/mol. The fraction of sp³-hybridized carbons (Fsp3) is 0.423. The third kappa shape index (κ3) is 4.60. The Balaban J connectivity index is 1.59. The van der Waals surface area contributed by atoms with Gasteiger partial charge in [0.2, 0.25) is 6.23 Å². The quantitative estimate of drug-likeness (QED) is 0.560. The number of likely N-dealkylation sites (N-methyl/N-ethyl adjacent to an activating group) is 1. The number of carbonyl (C=O) groups excluding carboxylic acids is 1. The molecule has 0 radical (unpaired) electrons. The molecule has 1 heterocycles. The highest BCUT2D eigenvalue weighted by molar-refractivity contribution is 5.83. The zero-order chi connectivity index (χ0) is 23.8. The van der Waals surface area contributed by atoms with Gasteiger partial charge in [-0.05, 0) is 40.7 Å². The largest absolute Gasteiger partial charge is 0.547 e. The second-order valence-electron chi connectivity index (χ2n) is 9.46. The van der Waals surface area contributed by atoms with Gasteiger partial charge in [-0.2, -0.15) is 0 Å². The lowest BCUT2D eigenvalue weighted by molar-refractivity contribution is -0.944. The maximum atomic E-state index is 11.4. The summed E-state index contributed by atoms with van der Waals surface area (Å²) in [4.78, 5) is 11.4. The van der Waals surface area contributed by atoms with Crippen molar-refractivity contribution >= 4 is 11.5 Å². The van der Waals surface area contributed by atoms with Gasteiger partial charge in [-0.15, -0.1) is 0 Å². The van der Waals surface area contributed by atoms with Crippen LogP contribution in [0.1, 0.15) is 28.7 Å². The maximum Gasteiger partial charge on any atom is 0.222 e. The van der Waals surface area contributed by atoms with Crippen molar-refractivity contribution in [3.8, 4) is 0 Å². The van der Waals surface area contributed by atoms with Crippen molar-refractivity contribution in [2.75, 3.05) is 20.6 Å². The summed E-state index contributed by atoms with van der Waals surface area (Å²) >= 11 is 0. The fourth-order valence-corrected chi connectivity index (χ4v) is 4.94. The van der Waals surface area contributed by atoms with Crippen molar-refractivity contribution in [1.82, 2.24) is 0 Å². The molecule has 2 aromatic carbocycles. The molecule has 1 aliphatic carbocycles. The number of aliphatic hydroxyl groups excluding tert-OH is 3. The van der Waals surface area contributed by atoms with E-state index in [0.717, 1.165) is 18.4 Å². The second kappa shape index (κ2) is 9.37. The van der Waals surface area contributed by atoms with E-state index in [1.807, 2.05) is 12.1 Å². The number of fused-ring (bicyclic) bond motifs is 2.